The Kier molecular flexibility index (Phi) is 21.1. The average molecular weight is 1470 g/mol. The Hall–Kier alpha value is -9.63. The Morgan fingerprint density at radius 3 is 1.49 bits per heavy atom. The number of ether oxygens (including phenoxy) is 8. The van der Waals surface area contributed by atoms with E-state index in [4.69, 9.17) is 37.9 Å². The highest BCUT2D eigenvalue weighted by Gasteiger charge is 2.76. The van der Waals surface area contributed by atoms with Crippen molar-refractivity contribution in [1.29, 1.82) is 0 Å². The first-order valence-electron chi connectivity index (χ1n) is 36.1. The van der Waals surface area contributed by atoms with Gasteiger partial charge in [-0.05, 0) is 184 Å². The molecule has 12 aliphatic rings. The third kappa shape index (κ3) is 13.4. The number of phenolic OH excluding ortho intramolecular Hbond substituents is 1. The van der Waals surface area contributed by atoms with Crippen LogP contribution in [-0.2, 0) is 93.0 Å². The van der Waals surface area contributed by atoms with Gasteiger partial charge in [-0.3, -0.25) is 28.9 Å². The maximum atomic E-state index is 13.1. The second-order valence-electron chi connectivity index (χ2n) is 29.2. The fourth-order valence-corrected chi connectivity index (χ4v) is 19.5. The Bertz CT molecular complexity index is 3980. The summed E-state index contributed by atoms with van der Waals surface area (Å²) in [5.41, 5.74) is 4.16. The molecule has 3 spiro atoms. The average Bonchev–Trinajstić information content (AvgIpc) is 1.57. The molecule has 1 N–H and O–H groups in total. The van der Waals surface area contributed by atoms with Gasteiger partial charge in [0, 0.05) is 83.5 Å². The van der Waals surface area contributed by atoms with Crippen LogP contribution in [-0.4, -0.2) is 198 Å². The number of methoxy groups -OCH3 is 1. The van der Waals surface area contributed by atoms with E-state index in [1.54, 1.807) is 19.2 Å². The van der Waals surface area contributed by atoms with Gasteiger partial charge in [-0.15, -0.1) is 40.5 Å². The van der Waals surface area contributed by atoms with Gasteiger partial charge < -0.3 is 72.2 Å². The molecular weight excluding hydrogens is 1380 g/mol. The maximum Gasteiger partial charge on any atom is 0.311 e. The highest BCUT2D eigenvalue weighted by molar-refractivity contribution is 5.90. The summed E-state index contributed by atoms with van der Waals surface area (Å²) in [7, 11) is 7.89. The van der Waals surface area contributed by atoms with Crippen molar-refractivity contribution in [3.8, 4) is 34.5 Å². The Morgan fingerprint density at radius 2 is 0.971 bits per heavy atom. The lowest BCUT2D eigenvalue weighted by molar-refractivity contribution is -0.757. The minimum atomic E-state index is -0.877. The van der Waals surface area contributed by atoms with Crippen molar-refractivity contribution >= 4 is 29.7 Å². The lowest BCUT2D eigenvalue weighted by atomic mass is 9.49. The van der Waals surface area contributed by atoms with Crippen molar-refractivity contribution in [2.45, 2.75) is 199 Å². The van der Waals surface area contributed by atoms with E-state index in [9.17, 15) is 69.5 Å². The Morgan fingerprint density at radius 1 is 0.524 bits per heavy atom. The molecule has 33 heteroatoms. The fourth-order valence-electron chi connectivity index (χ4n) is 19.5. The van der Waals surface area contributed by atoms with E-state index in [1.165, 1.54) is 5.56 Å². The predicted octanol–water partition coefficient (Wildman–Crippen LogP) is 6.81. The third-order valence-electron chi connectivity index (χ3n) is 23.9. The smallest absolute Gasteiger partial charge is 0.311 e. The van der Waals surface area contributed by atoms with E-state index in [1.807, 2.05) is 43.5 Å². The summed E-state index contributed by atoms with van der Waals surface area (Å²) in [6, 6.07) is 11.9. The van der Waals surface area contributed by atoms with Crippen LogP contribution in [0.15, 0.2) is 60.7 Å². The number of Topliss-reactive ketones (excluding diaryl/α,β-unsaturated/α-hetero) is 1. The van der Waals surface area contributed by atoms with Crippen molar-refractivity contribution in [1.82, 2.24) is 14.7 Å². The summed E-state index contributed by atoms with van der Waals surface area (Å²) in [4.78, 5) is 129. The van der Waals surface area contributed by atoms with Crippen LogP contribution in [0.3, 0.4) is 0 Å². The van der Waals surface area contributed by atoms with Gasteiger partial charge in [0.1, 0.15) is 17.8 Å². The van der Waals surface area contributed by atoms with Crippen LogP contribution in [0.5, 0.6) is 34.5 Å². The number of aromatic hydroxyl groups is 1. The number of carbonyl (C=O) groups is 5. The Balaban J connectivity index is 0.000000141. The van der Waals surface area contributed by atoms with E-state index < -0.39 is 73.1 Å². The second kappa shape index (κ2) is 30.1. The second-order valence-corrected chi connectivity index (χ2v) is 29.2. The molecule has 0 aromatic heterocycles. The molecule has 1 saturated carbocycles. The molecule has 105 heavy (non-hydrogen) atoms. The van der Waals surface area contributed by atoms with E-state index >= 15 is 0 Å². The maximum absolute atomic E-state index is 13.1. The number of rotatable bonds is 29. The lowest BCUT2D eigenvalue weighted by Crippen LogP contribution is -2.77. The molecule has 566 valence electrons. The number of nitrogens with zero attached hydrogens (tertiary/aromatic N) is 7. The van der Waals surface area contributed by atoms with Crippen molar-refractivity contribution in [2.75, 3.05) is 74.3 Å². The van der Waals surface area contributed by atoms with Crippen molar-refractivity contribution in [3.05, 3.63) is 135 Å². The monoisotopic (exact) mass is 1470 g/mol. The normalized spacial score (nSPS) is 29.8. The molecule has 15 rings (SSSR count). The molecule has 6 aliphatic heterocycles. The highest BCUT2D eigenvalue weighted by Crippen LogP contribution is 2.68. The number of hydrogen-bond donors (Lipinski definition) is 1. The van der Waals surface area contributed by atoms with E-state index in [-0.39, 0.29) is 117 Å². The number of phenols is 1. The molecule has 6 bridgehead atoms. The summed E-state index contributed by atoms with van der Waals surface area (Å²) >= 11 is 0. The van der Waals surface area contributed by atoms with Crippen LogP contribution in [0.1, 0.15) is 143 Å². The highest BCUT2D eigenvalue weighted by atomic mass is 17.0. The van der Waals surface area contributed by atoms with Gasteiger partial charge in [0.2, 0.25) is 0 Å². The number of likely N-dealkylation sites (N-methyl/N-ethyl adjacent to an activating group) is 3. The van der Waals surface area contributed by atoms with Crippen LogP contribution < -0.4 is 23.7 Å². The van der Waals surface area contributed by atoms with Crippen LogP contribution in [0, 0.1) is 52.3 Å². The summed E-state index contributed by atoms with van der Waals surface area (Å²) in [6.07, 6.45) is 14.3. The van der Waals surface area contributed by atoms with Gasteiger partial charge in [-0.2, -0.15) is 0 Å². The standard InChI is InChI=1S/C27H33N3O11.C23H28N2O8.C22H26N2O7/c1-28-13-12-27-18-9-11-21(40-23(32)7-3-5-15-38-30(35)36)26(27)41-25-20(10-8-17(24(25)27)16-19(18)28)39-22(31)6-2-4-14-37-29(33)34;1-24-11-10-22-19-14-6-7-16(30-2)20(19)32-21(22)15(26)8-9-23(22,17(24)13-14)33-18(27)5-3-4-12-31-25(28)29;1-23-10-9-22-14-6-8-17(30-18(26)4-2-3-11-29-24(27)28)21(22)31-20-16(25)7-5-13(19(20)22)12-15(14)23/h8-11,18-19,21,26H,2-7,12-16H2,1H3;6-7,17,21H,3-5,8-13H2,1-2H3;5-8,14-15,17,21,25H,2-4,9-12H2,1H3/t18?,19?,21-,26?,27-;17?,21-,22-,23?;14?,15?,17-,21?,22-/m000/s1. The number of piperidine rings is 3. The van der Waals surface area contributed by atoms with Crippen molar-refractivity contribution in [2.24, 2.45) is 11.8 Å². The molecule has 33 nitrogen and oxygen atoms in total. The van der Waals surface area contributed by atoms with Crippen LogP contribution in [0.4, 0.5) is 0 Å². The minimum Gasteiger partial charge on any atom is -0.504 e. The fraction of sp³-hybridized carbons (Fsp3) is 0.625. The van der Waals surface area contributed by atoms with Gasteiger partial charge in [-0.25, -0.2) is 0 Å². The van der Waals surface area contributed by atoms with Crippen LogP contribution >= 0.6 is 0 Å². The molecule has 3 saturated heterocycles. The van der Waals surface area contributed by atoms with Gasteiger partial charge in [0.05, 0.1) is 45.0 Å². The number of likely N-dealkylation sites (tertiary alicyclic amines) is 3. The van der Waals surface area contributed by atoms with Crippen molar-refractivity contribution in [3.63, 3.8) is 0 Å². The van der Waals surface area contributed by atoms with E-state index in [0.717, 1.165) is 73.1 Å². The van der Waals surface area contributed by atoms with Crippen LogP contribution in [0.25, 0.3) is 0 Å². The Labute approximate surface area is 602 Å². The SMILES string of the molecule is CN1CC[C@]23c4c5ccc(O)c4OC2[C@@H](OC(=O)CCCCO[N+](=O)[O-])C=CC3C1C5.CN1CC[C@]23c4c5ccc(OC(=O)CCCCO[N+](=O)[O-])c4OC2[C@@H](OC(=O)CCCCO[N+](=O)[O-])C=CC3C1C5.COc1ccc2c3c1O[C@H]1C(=O)CCC4(OC(=O)CCCCO[N+](=O)[O-])C(C2)N(C)CC[C@]314. The molecule has 0 radical (unpaired) electrons. The first kappa shape index (κ1) is 73.7. The number of benzene rings is 3. The zero-order valence-corrected chi connectivity index (χ0v) is 58.9. The first-order valence-corrected chi connectivity index (χ1v) is 36.1. The van der Waals surface area contributed by atoms with Gasteiger partial charge in [-0.1, -0.05) is 30.4 Å². The quantitative estimate of drug-likeness (QED) is 0.0142. The predicted molar refractivity (Wildman–Crippen MR) is 361 cm³/mol. The molecule has 3 aromatic carbocycles. The van der Waals surface area contributed by atoms with E-state index in [0.29, 0.717) is 105 Å². The van der Waals surface area contributed by atoms with E-state index in [2.05, 4.69) is 60.3 Å². The third-order valence-corrected chi connectivity index (χ3v) is 23.9. The molecular formula is C72H87N7O26. The van der Waals surface area contributed by atoms with Gasteiger partial charge in [0.25, 0.3) is 20.3 Å². The van der Waals surface area contributed by atoms with Crippen molar-refractivity contribution < 1.29 is 107 Å². The molecule has 4 fully saturated rings. The molecule has 6 aliphatic carbocycles. The summed E-state index contributed by atoms with van der Waals surface area (Å²) < 4.78 is 48.6. The minimum absolute atomic E-state index is 0.0352. The molecule has 0 amide bonds. The number of hydrogen-bond acceptors (Lipinski definition) is 29. The topological polar surface area (TPSA) is 399 Å². The van der Waals surface area contributed by atoms with Gasteiger partial charge >= 0.3 is 23.9 Å². The lowest BCUT2D eigenvalue weighted by Gasteiger charge is -2.63. The first-order chi connectivity index (χ1) is 50.5. The molecule has 3 aromatic rings. The number of esters is 4. The molecule has 14 atom stereocenters. The summed E-state index contributed by atoms with van der Waals surface area (Å²) in [5, 5.41) is 48.2. The summed E-state index contributed by atoms with van der Waals surface area (Å²) in [6.45, 7) is 2.26. The van der Waals surface area contributed by atoms with Gasteiger partial charge in [0.15, 0.2) is 58.6 Å². The zero-order valence-electron chi connectivity index (χ0n) is 58.9. The van der Waals surface area contributed by atoms with Crippen LogP contribution in [0.2, 0.25) is 0 Å². The molecule has 6 heterocycles. The number of ketones is 1. The number of carbonyl (C=O) groups excluding carboxylic acids is 5. The zero-order chi connectivity index (χ0) is 74.3. The largest absolute Gasteiger partial charge is 0.504 e. The molecule has 8 unspecified atom stereocenters. The summed E-state index contributed by atoms with van der Waals surface area (Å²) in [5.74, 6) is 1.46. The number of unbranched alkanes of at least 4 members (excludes halogenated alkanes) is 4.